The van der Waals surface area contributed by atoms with Crippen LogP contribution in [0.2, 0.25) is 0 Å². The first-order valence-electron chi connectivity index (χ1n) is 5.58. The molecule has 3 amide bonds. The molecule has 0 fully saturated rings. The van der Waals surface area contributed by atoms with Gasteiger partial charge in [0.1, 0.15) is 6.04 Å². The largest absolute Gasteiger partial charge is 0.480 e. The van der Waals surface area contributed by atoms with Crippen LogP contribution in [0.3, 0.4) is 0 Å². The summed E-state index contributed by atoms with van der Waals surface area (Å²) in [5.74, 6) is -1.86. The van der Waals surface area contributed by atoms with E-state index in [1.165, 1.54) is 0 Å². The Morgan fingerprint density at radius 2 is 1.84 bits per heavy atom. The second-order valence-electron chi connectivity index (χ2n) is 3.87. The normalized spacial score (nSPS) is 11.4. The van der Waals surface area contributed by atoms with Crippen LogP contribution in [0.25, 0.3) is 0 Å². The van der Waals surface area contributed by atoms with Crippen molar-refractivity contribution < 1.29 is 19.5 Å². The summed E-state index contributed by atoms with van der Waals surface area (Å²) in [6.07, 6.45) is 0.153. The van der Waals surface area contributed by atoms with Crippen LogP contribution in [0.4, 0.5) is 4.79 Å². The molecule has 1 atom stereocenters. The van der Waals surface area contributed by atoms with Crippen LogP contribution in [0, 0.1) is 0 Å². The molecule has 0 spiro atoms. The summed E-state index contributed by atoms with van der Waals surface area (Å²) in [5.41, 5.74) is 5.64. The highest BCUT2D eigenvalue weighted by molar-refractivity contribution is 5.86. The lowest BCUT2D eigenvalue weighted by Gasteiger charge is -2.14. The first-order chi connectivity index (χ1) is 8.99. The fourth-order valence-corrected chi connectivity index (χ4v) is 1.43. The smallest absolute Gasteiger partial charge is 0.326 e. The summed E-state index contributed by atoms with van der Waals surface area (Å²) in [4.78, 5) is 32.9. The Balaban J connectivity index is 2.56. The van der Waals surface area contributed by atoms with Gasteiger partial charge in [-0.15, -0.1) is 0 Å². The molecule has 0 bridgehead atoms. The SMILES string of the molecule is NC(=O)CNC(=O)NC(Cc1ccccc1)C(=O)O. The molecule has 102 valence electrons. The number of carboxylic acids is 1. The quantitative estimate of drug-likeness (QED) is 0.552. The average molecular weight is 265 g/mol. The zero-order valence-corrected chi connectivity index (χ0v) is 10.1. The fraction of sp³-hybridized carbons (Fsp3) is 0.250. The van der Waals surface area contributed by atoms with E-state index in [1.807, 2.05) is 6.07 Å². The number of hydrogen-bond acceptors (Lipinski definition) is 3. The van der Waals surface area contributed by atoms with Gasteiger partial charge in [0.25, 0.3) is 0 Å². The van der Waals surface area contributed by atoms with Crippen LogP contribution in [0.5, 0.6) is 0 Å². The van der Waals surface area contributed by atoms with Gasteiger partial charge in [-0.2, -0.15) is 0 Å². The highest BCUT2D eigenvalue weighted by atomic mass is 16.4. The van der Waals surface area contributed by atoms with Gasteiger partial charge in [-0.1, -0.05) is 30.3 Å². The van der Waals surface area contributed by atoms with E-state index in [-0.39, 0.29) is 13.0 Å². The second-order valence-corrected chi connectivity index (χ2v) is 3.87. The van der Waals surface area contributed by atoms with Gasteiger partial charge in [-0.25, -0.2) is 9.59 Å². The van der Waals surface area contributed by atoms with E-state index in [2.05, 4.69) is 10.6 Å². The van der Waals surface area contributed by atoms with E-state index in [0.717, 1.165) is 5.56 Å². The van der Waals surface area contributed by atoms with Crippen LogP contribution in [0.15, 0.2) is 30.3 Å². The molecular formula is C12H15N3O4. The number of amides is 3. The number of benzene rings is 1. The standard InChI is InChI=1S/C12H15N3O4/c13-10(16)7-14-12(19)15-9(11(17)18)6-8-4-2-1-3-5-8/h1-5,9H,6-7H2,(H2,13,16)(H,17,18)(H2,14,15,19). The number of carbonyl (C=O) groups is 3. The van der Waals surface area contributed by atoms with Gasteiger partial charge in [0.2, 0.25) is 5.91 Å². The number of carbonyl (C=O) groups excluding carboxylic acids is 2. The predicted octanol–water partition coefficient (Wildman–Crippen LogP) is -0.533. The summed E-state index contributed by atoms with van der Waals surface area (Å²) < 4.78 is 0. The Kier molecular flexibility index (Phi) is 5.34. The second kappa shape index (κ2) is 7.00. The molecule has 1 aromatic carbocycles. The zero-order valence-electron chi connectivity index (χ0n) is 10.1. The van der Waals surface area contributed by atoms with Crippen molar-refractivity contribution in [3.8, 4) is 0 Å². The fourth-order valence-electron chi connectivity index (χ4n) is 1.43. The van der Waals surface area contributed by atoms with Gasteiger partial charge in [0, 0.05) is 6.42 Å². The van der Waals surface area contributed by atoms with Crippen molar-refractivity contribution in [2.75, 3.05) is 6.54 Å². The molecule has 19 heavy (non-hydrogen) atoms. The zero-order chi connectivity index (χ0) is 14.3. The molecule has 0 saturated carbocycles. The molecule has 0 heterocycles. The first-order valence-corrected chi connectivity index (χ1v) is 5.58. The van der Waals surface area contributed by atoms with Gasteiger partial charge >= 0.3 is 12.0 Å². The molecule has 1 rings (SSSR count). The number of nitrogens with one attached hydrogen (secondary N) is 2. The average Bonchev–Trinajstić information content (AvgIpc) is 2.36. The van der Waals surface area contributed by atoms with Gasteiger partial charge in [0.05, 0.1) is 6.54 Å². The predicted molar refractivity (Wildman–Crippen MR) is 67.3 cm³/mol. The van der Waals surface area contributed by atoms with E-state index in [0.29, 0.717) is 0 Å². The van der Waals surface area contributed by atoms with Crippen molar-refractivity contribution in [2.45, 2.75) is 12.5 Å². The van der Waals surface area contributed by atoms with Crippen molar-refractivity contribution >= 4 is 17.9 Å². The Hall–Kier alpha value is -2.57. The van der Waals surface area contributed by atoms with Crippen LogP contribution < -0.4 is 16.4 Å². The summed E-state index contributed by atoms with van der Waals surface area (Å²) in [6, 6.07) is 7.07. The number of rotatable bonds is 6. The number of hydrogen-bond donors (Lipinski definition) is 4. The van der Waals surface area contributed by atoms with Crippen LogP contribution >= 0.6 is 0 Å². The topological polar surface area (TPSA) is 122 Å². The molecule has 7 heteroatoms. The Labute approximate surface area is 109 Å². The number of aliphatic carboxylic acids is 1. The summed E-state index contributed by atoms with van der Waals surface area (Å²) >= 11 is 0. The third-order valence-electron chi connectivity index (χ3n) is 2.31. The molecule has 0 radical (unpaired) electrons. The summed E-state index contributed by atoms with van der Waals surface area (Å²) in [6.45, 7) is -0.344. The van der Waals surface area contributed by atoms with Crippen molar-refractivity contribution in [2.24, 2.45) is 5.73 Å². The van der Waals surface area contributed by atoms with Crippen molar-refractivity contribution in [1.29, 1.82) is 0 Å². The van der Waals surface area contributed by atoms with Gasteiger partial charge in [-0.3, -0.25) is 4.79 Å². The third-order valence-corrected chi connectivity index (χ3v) is 2.31. The maximum atomic E-state index is 11.4. The highest BCUT2D eigenvalue weighted by Gasteiger charge is 2.20. The Morgan fingerprint density at radius 3 is 2.37 bits per heavy atom. The van der Waals surface area contributed by atoms with E-state index < -0.39 is 23.9 Å². The van der Waals surface area contributed by atoms with E-state index in [1.54, 1.807) is 24.3 Å². The number of nitrogens with two attached hydrogens (primary N) is 1. The maximum absolute atomic E-state index is 11.4. The molecular weight excluding hydrogens is 250 g/mol. The molecule has 1 unspecified atom stereocenters. The maximum Gasteiger partial charge on any atom is 0.326 e. The lowest BCUT2D eigenvalue weighted by atomic mass is 10.1. The minimum atomic E-state index is -1.15. The number of primary amides is 1. The first kappa shape index (κ1) is 14.5. The monoisotopic (exact) mass is 265 g/mol. The number of urea groups is 1. The van der Waals surface area contributed by atoms with Gasteiger partial charge < -0.3 is 21.5 Å². The molecule has 0 aliphatic rings. The molecule has 0 saturated heterocycles. The van der Waals surface area contributed by atoms with Crippen LogP contribution in [-0.2, 0) is 16.0 Å². The summed E-state index contributed by atoms with van der Waals surface area (Å²) in [7, 11) is 0. The summed E-state index contributed by atoms with van der Waals surface area (Å²) in [5, 5.41) is 13.5. The van der Waals surface area contributed by atoms with Gasteiger partial charge in [0.15, 0.2) is 0 Å². The highest BCUT2D eigenvalue weighted by Crippen LogP contribution is 2.03. The van der Waals surface area contributed by atoms with Crippen LogP contribution in [0.1, 0.15) is 5.56 Å². The van der Waals surface area contributed by atoms with E-state index in [9.17, 15) is 14.4 Å². The molecule has 0 aliphatic carbocycles. The van der Waals surface area contributed by atoms with E-state index >= 15 is 0 Å². The number of carboxylic acid groups (broad SMARTS) is 1. The van der Waals surface area contributed by atoms with Crippen molar-refractivity contribution in [1.82, 2.24) is 10.6 Å². The van der Waals surface area contributed by atoms with Crippen molar-refractivity contribution in [3.05, 3.63) is 35.9 Å². The molecule has 5 N–H and O–H groups in total. The molecule has 0 aliphatic heterocycles. The molecule has 7 nitrogen and oxygen atoms in total. The minimum absolute atomic E-state index is 0.153. The Bertz CT molecular complexity index is 461. The van der Waals surface area contributed by atoms with Crippen molar-refractivity contribution in [3.63, 3.8) is 0 Å². The third kappa shape index (κ3) is 5.53. The Morgan fingerprint density at radius 1 is 1.21 bits per heavy atom. The lowest BCUT2D eigenvalue weighted by Crippen LogP contribution is -2.48. The van der Waals surface area contributed by atoms with Gasteiger partial charge in [-0.05, 0) is 5.56 Å². The van der Waals surface area contributed by atoms with E-state index in [4.69, 9.17) is 10.8 Å². The van der Waals surface area contributed by atoms with Crippen LogP contribution in [-0.4, -0.2) is 35.6 Å². The lowest BCUT2D eigenvalue weighted by molar-refractivity contribution is -0.139. The molecule has 0 aromatic heterocycles. The molecule has 1 aromatic rings. The minimum Gasteiger partial charge on any atom is -0.480 e.